The standard InChI is InChI=1S/C40H46N6O2/c1-39(2,3)48-38(47)46-19-7-9-35(46)37-43-31-15-11-25(21-34(31)45-37)27-13-12-26(28-22-40(23-29(27)28)16-4-5-17-40)24-10-14-30-33(20-24)44-36(42-30)32-8-6-18-41-32/h10-15,20-21,32,35,41H,4-9,16-19,22-23H2,1-3H3,(H,42,44)(H,43,45)/t32-,35-/m0/s1. The predicted octanol–water partition coefficient (Wildman–Crippen LogP) is 8.93. The van der Waals surface area contributed by atoms with Gasteiger partial charge in [0, 0.05) is 6.54 Å². The van der Waals surface area contributed by atoms with Gasteiger partial charge in [0.15, 0.2) is 0 Å². The van der Waals surface area contributed by atoms with Crippen molar-refractivity contribution in [1.29, 1.82) is 0 Å². The molecule has 1 saturated carbocycles. The molecule has 48 heavy (non-hydrogen) atoms. The number of likely N-dealkylation sites (tertiary alicyclic amines) is 1. The van der Waals surface area contributed by atoms with Crippen molar-refractivity contribution in [1.82, 2.24) is 30.2 Å². The molecule has 8 heteroatoms. The van der Waals surface area contributed by atoms with Crippen LogP contribution in [0.3, 0.4) is 0 Å². The fourth-order valence-electron chi connectivity index (χ4n) is 9.15. The van der Waals surface area contributed by atoms with Gasteiger partial charge < -0.3 is 20.0 Å². The number of fused-ring (bicyclic) bond motifs is 3. The SMILES string of the molecule is CC(C)(C)OC(=O)N1CCC[C@H]1c1nc2ccc(-c3ccc(-c4ccc5nc([C@@H]6CCCN6)[nH]c5c4)c4c3CC3(CCCC3)C4)cc2[nH]1. The number of benzene rings is 3. The van der Waals surface area contributed by atoms with Crippen LogP contribution in [0.15, 0.2) is 48.5 Å². The Balaban J connectivity index is 1.07. The number of aromatic amines is 2. The molecule has 3 N–H and O–H groups in total. The molecule has 8 nitrogen and oxygen atoms in total. The molecule has 4 heterocycles. The highest BCUT2D eigenvalue weighted by molar-refractivity contribution is 5.88. The number of nitrogens with zero attached hydrogens (tertiary/aromatic N) is 3. The highest BCUT2D eigenvalue weighted by Crippen LogP contribution is 2.53. The van der Waals surface area contributed by atoms with Crippen LogP contribution in [0.2, 0.25) is 0 Å². The van der Waals surface area contributed by atoms with Crippen LogP contribution in [0, 0.1) is 5.41 Å². The molecule has 248 valence electrons. The molecule has 5 aromatic rings. The van der Waals surface area contributed by atoms with Gasteiger partial charge in [-0.25, -0.2) is 14.8 Å². The summed E-state index contributed by atoms with van der Waals surface area (Å²) in [6.07, 6.45) is 11.5. The number of aromatic nitrogens is 4. The third-order valence-corrected chi connectivity index (χ3v) is 11.4. The summed E-state index contributed by atoms with van der Waals surface area (Å²) in [7, 11) is 0. The molecule has 0 unspecified atom stereocenters. The minimum atomic E-state index is -0.526. The Kier molecular flexibility index (Phi) is 6.98. The number of amides is 1. The first-order valence-electron chi connectivity index (χ1n) is 18.1. The average molecular weight is 643 g/mol. The van der Waals surface area contributed by atoms with Crippen molar-refractivity contribution in [2.24, 2.45) is 5.41 Å². The lowest BCUT2D eigenvalue weighted by Gasteiger charge is -2.27. The molecule has 1 amide bonds. The number of imidazole rings is 2. The van der Waals surface area contributed by atoms with E-state index in [4.69, 9.17) is 14.7 Å². The van der Waals surface area contributed by atoms with E-state index in [2.05, 4.69) is 63.8 Å². The Morgan fingerprint density at radius 1 is 0.812 bits per heavy atom. The first-order chi connectivity index (χ1) is 23.2. The van der Waals surface area contributed by atoms with E-state index in [0.29, 0.717) is 18.0 Å². The second-order valence-corrected chi connectivity index (χ2v) is 15.9. The van der Waals surface area contributed by atoms with Gasteiger partial charge in [-0.15, -0.1) is 0 Å². The van der Waals surface area contributed by atoms with E-state index in [1.54, 1.807) is 0 Å². The van der Waals surface area contributed by atoms with E-state index in [1.165, 1.54) is 65.5 Å². The molecule has 2 aliphatic heterocycles. The van der Waals surface area contributed by atoms with Crippen LogP contribution in [0.25, 0.3) is 44.3 Å². The van der Waals surface area contributed by atoms with Crippen LogP contribution in [-0.4, -0.2) is 49.6 Å². The molecule has 2 saturated heterocycles. The number of carbonyl (C=O) groups excluding carboxylic acids is 1. The van der Waals surface area contributed by atoms with Crippen LogP contribution in [0.4, 0.5) is 4.79 Å². The maximum absolute atomic E-state index is 13.0. The third kappa shape index (κ3) is 5.20. The Hall–Kier alpha value is -4.17. The highest BCUT2D eigenvalue weighted by atomic mass is 16.6. The molecule has 4 aliphatic rings. The van der Waals surface area contributed by atoms with Gasteiger partial charge >= 0.3 is 6.09 Å². The summed E-state index contributed by atoms with van der Waals surface area (Å²) in [5.41, 5.74) is 12.2. The van der Waals surface area contributed by atoms with Crippen molar-refractivity contribution in [2.45, 2.75) is 103 Å². The topological polar surface area (TPSA) is 98.9 Å². The van der Waals surface area contributed by atoms with E-state index in [0.717, 1.165) is 72.4 Å². The minimum Gasteiger partial charge on any atom is -0.444 e. The molecule has 0 bridgehead atoms. The van der Waals surface area contributed by atoms with Gasteiger partial charge in [0.25, 0.3) is 0 Å². The smallest absolute Gasteiger partial charge is 0.410 e. The zero-order chi connectivity index (χ0) is 32.6. The van der Waals surface area contributed by atoms with Crippen molar-refractivity contribution in [3.63, 3.8) is 0 Å². The monoisotopic (exact) mass is 642 g/mol. The number of H-pyrrole nitrogens is 2. The molecule has 9 rings (SSSR count). The van der Waals surface area contributed by atoms with E-state index in [1.807, 2.05) is 25.7 Å². The number of hydrogen-bond donors (Lipinski definition) is 3. The fraction of sp³-hybridized carbons (Fsp3) is 0.475. The van der Waals surface area contributed by atoms with Crippen molar-refractivity contribution in [2.75, 3.05) is 13.1 Å². The van der Waals surface area contributed by atoms with Crippen molar-refractivity contribution < 1.29 is 9.53 Å². The van der Waals surface area contributed by atoms with Crippen molar-refractivity contribution in [3.8, 4) is 22.3 Å². The van der Waals surface area contributed by atoms with E-state index < -0.39 is 5.60 Å². The third-order valence-electron chi connectivity index (χ3n) is 11.4. The molecular weight excluding hydrogens is 596 g/mol. The van der Waals surface area contributed by atoms with Gasteiger partial charge in [-0.05, 0) is 142 Å². The summed E-state index contributed by atoms with van der Waals surface area (Å²) in [6, 6.07) is 18.4. The number of nitrogens with one attached hydrogen (secondary N) is 3. The van der Waals surface area contributed by atoms with Crippen molar-refractivity contribution in [3.05, 3.63) is 71.3 Å². The van der Waals surface area contributed by atoms with Crippen LogP contribution in [-0.2, 0) is 17.6 Å². The Bertz CT molecular complexity index is 2040. The van der Waals surface area contributed by atoms with Gasteiger partial charge in [-0.1, -0.05) is 37.1 Å². The van der Waals surface area contributed by atoms with Crippen LogP contribution >= 0.6 is 0 Å². The largest absolute Gasteiger partial charge is 0.444 e. The molecule has 2 aromatic heterocycles. The summed E-state index contributed by atoms with van der Waals surface area (Å²) >= 11 is 0. The second-order valence-electron chi connectivity index (χ2n) is 15.9. The summed E-state index contributed by atoms with van der Waals surface area (Å²) in [5.74, 6) is 1.91. The quantitative estimate of drug-likeness (QED) is 0.182. The van der Waals surface area contributed by atoms with Gasteiger partial charge in [0.2, 0.25) is 0 Å². The zero-order valence-electron chi connectivity index (χ0n) is 28.4. The maximum atomic E-state index is 13.0. The van der Waals surface area contributed by atoms with Crippen LogP contribution in [0.5, 0.6) is 0 Å². The van der Waals surface area contributed by atoms with Gasteiger partial charge in [-0.3, -0.25) is 4.90 Å². The zero-order valence-corrected chi connectivity index (χ0v) is 28.4. The lowest BCUT2D eigenvalue weighted by atomic mass is 9.82. The molecule has 3 fully saturated rings. The Morgan fingerprint density at radius 3 is 2.04 bits per heavy atom. The number of hydrogen-bond acceptors (Lipinski definition) is 5. The fourth-order valence-corrected chi connectivity index (χ4v) is 9.15. The molecule has 2 atom stereocenters. The average Bonchev–Trinajstić information content (AvgIpc) is 3.89. The molecule has 1 spiro atoms. The normalized spacial score (nSPS) is 22.0. The maximum Gasteiger partial charge on any atom is 0.410 e. The molecule has 0 radical (unpaired) electrons. The first-order valence-corrected chi connectivity index (χ1v) is 18.1. The highest BCUT2D eigenvalue weighted by Gasteiger charge is 2.42. The van der Waals surface area contributed by atoms with Gasteiger partial charge in [0.1, 0.15) is 17.2 Å². The van der Waals surface area contributed by atoms with Crippen LogP contribution < -0.4 is 5.32 Å². The van der Waals surface area contributed by atoms with Crippen molar-refractivity contribution >= 4 is 28.2 Å². The first kappa shape index (κ1) is 29.9. The van der Waals surface area contributed by atoms with E-state index in [-0.39, 0.29) is 12.1 Å². The summed E-state index contributed by atoms with van der Waals surface area (Å²) in [4.78, 5) is 32.0. The van der Waals surface area contributed by atoms with Crippen LogP contribution in [0.1, 0.15) is 107 Å². The lowest BCUT2D eigenvalue weighted by Crippen LogP contribution is -2.36. The minimum absolute atomic E-state index is 0.0980. The summed E-state index contributed by atoms with van der Waals surface area (Å²) in [5, 5.41) is 3.58. The van der Waals surface area contributed by atoms with Gasteiger partial charge in [-0.2, -0.15) is 0 Å². The lowest BCUT2D eigenvalue weighted by molar-refractivity contribution is 0.0219. The molecule has 2 aliphatic carbocycles. The number of ether oxygens (including phenoxy) is 1. The van der Waals surface area contributed by atoms with E-state index in [9.17, 15) is 4.79 Å². The summed E-state index contributed by atoms with van der Waals surface area (Å²) in [6.45, 7) is 7.50. The van der Waals surface area contributed by atoms with E-state index >= 15 is 0 Å². The van der Waals surface area contributed by atoms with Gasteiger partial charge in [0.05, 0.1) is 34.2 Å². The Morgan fingerprint density at radius 2 is 1.44 bits per heavy atom. The number of carbonyl (C=O) groups is 1. The second kappa shape index (κ2) is 11.2. The summed E-state index contributed by atoms with van der Waals surface area (Å²) < 4.78 is 5.73. The Labute approximate surface area is 282 Å². The molecular formula is C40H46N6O2. The molecule has 3 aromatic carbocycles. The number of rotatable bonds is 4. The predicted molar refractivity (Wildman–Crippen MR) is 190 cm³/mol.